The molecule has 1 amide bonds. The number of amides is 1. The van der Waals surface area contributed by atoms with Crippen molar-refractivity contribution in [3.8, 4) is 0 Å². The number of carbonyl (C=O) groups excluding carboxylic acids is 1. The smallest absolute Gasteiger partial charge is 0.276 e. The molecule has 0 atom stereocenters. The lowest BCUT2D eigenvalue weighted by Crippen LogP contribution is -2.14. The molecular weight excluding hydrogens is 326 g/mol. The van der Waals surface area contributed by atoms with Crippen molar-refractivity contribution in [3.63, 3.8) is 0 Å². The van der Waals surface area contributed by atoms with Gasteiger partial charge in [-0.1, -0.05) is 24.3 Å². The molecule has 4 rings (SSSR count). The maximum Gasteiger partial charge on any atom is 0.276 e. The van der Waals surface area contributed by atoms with Crippen LogP contribution in [-0.4, -0.2) is 20.7 Å². The Morgan fingerprint density at radius 2 is 1.77 bits per heavy atom. The predicted octanol–water partition coefficient (Wildman–Crippen LogP) is 3.96. The molecule has 0 aliphatic rings. The van der Waals surface area contributed by atoms with Crippen molar-refractivity contribution in [3.05, 3.63) is 78.6 Å². The fourth-order valence-corrected chi connectivity index (χ4v) is 2.72. The number of nitrogens with one attached hydrogen (secondary N) is 2. The van der Waals surface area contributed by atoms with Crippen LogP contribution < -0.4 is 10.6 Å². The molecule has 0 spiro atoms. The molecule has 2 heterocycles. The van der Waals surface area contributed by atoms with E-state index in [-0.39, 0.29) is 11.6 Å². The molecule has 128 valence electrons. The summed E-state index contributed by atoms with van der Waals surface area (Å²) in [5, 5.41) is 15.3. The van der Waals surface area contributed by atoms with Crippen LogP contribution in [0.5, 0.6) is 0 Å². The highest BCUT2D eigenvalue weighted by atomic mass is 16.1. The largest absolute Gasteiger partial charge is 0.350 e. The Labute approximate surface area is 150 Å². The summed E-state index contributed by atoms with van der Waals surface area (Å²) in [6, 6.07) is 20.8. The highest BCUT2D eigenvalue weighted by molar-refractivity contribution is 6.02. The number of para-hydroxylation sites is 1. The molecule has 4 aromatic rings. The molecule has 2 aromatic heterocycles. The summed E-state index contributed by atoms with van der Waals surface area (Å²) in [6.07, 6.45) is 2.02. The number of fused-ring (bicyclic) bond motifs is 1. The Morgan fingerprint density at radius 3 is 2.54 bits per heavy atom. The molecule has 0 aliphatic heterocycles. The Kier molecular flexibility index (Phi) is 4.07. The first kappa shape index (κ1) is 15.8. The van der Waals surface area contributed by atoms with Gasteiger partial charge in [-0.3, -0.25) is 4.79 Å². The Hall–Kier alpha value is -3.67. The summed E-state index contributed by atoms with van der Waals surface area (Å²) in [5.74, 6) is 0.287. The van der Waals surface area contributed by atoms with E-state index in [0.29, 0.717) is 5.82 Å². The third-order valence-electron chi connectivity index (χ3n) is 4.09. The number of aromatic nitrogens is 3. The van der Waals surface area contributed by atoms with Crippen LogP contribution >= 0.6 is 0 Å². The quantitative estimate of drug-likeness (QED) is 0.588. The van der Waals surface area contributed by atoms with E-state index in [1.807, 2.05) is 61.8 Å². The zero-order chi connectivity index (χ0) is 17.9. The second-order valence-corrected chi connectivity index (χ2v) is 5.95. The van der Waals surface area contributed by atoms with Crippen LogP contribution in [0.2, 0.25) is 0 Å². The lowest BCUT2D eigenvalue weighted by Gasteiger charge is -2.07. The summed E-state index contributed by atoms with van der Waals surface area (Å²) in [4.78, 5) is 12.2. The maximum atomic E-state index is 12.2. The van der Waals surface area contributed by atoms with Crippen molar-refractivity contribution in [1.82, 2.24) is 14.8 Å². The number of hydrogen-bond donors (Lipinski definition) is 2. The van der Waals surface area contributed by atoms with Crippen LogP contribution in [0.4, 0.5) is 17.2 Å². The highest BCUT2D eigenvalue weighted by Crippen LogP contribution is 2.22. The Bertz CT molecular complexity index is 1050. The van der Waals surface area contributed by atoms with Crippen molar-refractivity contribution in [2.45, 2.75) is 0 Å². The lowest BCUT2D eigenvalue weighted by molar-refractivity contribution is 0.102. The summed E-state index contributed by atoms with van der Waals surface area (Å²) < 4.78 is 2.06. The minimum absolute atomic E-state index is 0.261. The van der Waals surface area contributed by atoms with Gasteiger partial charge in [0.05, 0.1) is 0 Å². The maximum absolute atomic E-state index is 12.2. The second kappa shape index (κ2) is 6.68. The topological polar surface area (TPSA) is 71.8 Å². The Morgan fingerprint density at radius 1 is 0.923 bits per heavy atom. The first-order valence-corrected chi connectivity index (χ1v) is 8.21. The number of nitrogens with zero attached hydrogens (tertiary/aromatic N) is 3. The van der Waals surface area contributed by atoms with E-state index < -0.39 is 0 Å². The van der Waals surface area contributed by atoms with Crippen LogP contribution in [0.15, 0.2) is 72.9 Å². The molecule has 26 heavy (non-hydrogen) atoms. The van der Waals surface area contributed by atoms with Gasteiger partial charge in [0.15, 0.2) is 11.5 Å². The normalized spacial score (nSPS) is 10.7. The fourth-order valence-electron chi connectivity index (χ4n) is 2.72. The summed E-state index contributed by atoms with van der Waals surface area (Å²) in [7, 11) is 2.01. The number of anilines is 3. The van der Waals surface area contributed by atoms with Crippen molar-refractivity contribution >= 4 is 34.0 Å². The van der Waals surface area contributed by atoms with Gasteiger partial charge < -0.3 is 15.2 Å². The second-order valence-electron chi connectivity index (χ2n) is 5.95. The van der Waals surface area contributed by atoms with E-state index in [4.69, 9.17) is 0 Å². The van der Waals surface area contributed by atoms with Gasteiger partial charge in [0.2, 0.25) is 0 Å². The third-order valence-corrected chi connectivity index (χ3v) is 4.09. The van der Waals surface area contributed by atoms with E-state index in [0.717, 1.165) is 16.9 Å². The van der Waals surface area contributed by atoms with Crippen molar-refractivity contribution in [2.75, 3.05) is 10.6 Å². The number of benzene rings is 2. The van der Waals surface area contributed by atoms with Crippen LogP contribution in [0.25, 0.3) is 10.9 Å². The minimum atomic E-state index is -0.291. The first-order valence-electron chi connectivity index (χ1n) is 8.21. The molecule has 0 saturated carbocycles. The van der Waals surface area contributed by atoms with Crippen molar-refractivity contribution in [2.24, 2.45) is 7.05 Å². The van der Waals surface area contributed by atoms with Gasteiger partial charge in [0.25, 0.3) is 5.91 Å². The van der Waals surface area contributed by atoms with Crippen LogP contribution in [0.3, 0.4) is 0 Å². The van der Waals surface area contributed by atoms with Gasteiger partial charge in [0, 0.05) is 30.1 Å². The summed E-state index contributed by atoms with van der Waals surface area (Å²) in [6.45, 7) is 0. The third kappa shape index (κ3) is 3.25. The average Bonchev–Trinajstić information content (AvgIpc) is 3.04. The molecular formula is C20H17N5O. The van der Waals surface area contributed by atoms with E-state index >= 15 is 0 Å². The summed E-state index contributed by atoms with van der Waals surface area (Å²) >= 11 is 0. The SMILES string of the molecule is Cn1ccc2ccc(Nc3ccc(C(=O)Nc4ccccc4)nn3)cc21. The van der Waals surface area contributed by atoms with Crippen LogP contribution in [-0.2, 0) is 7.05 Å². The minimum Gasteiger partial charge on any atom is -0.350 e. The molecule has 0 bridgehead atoms. The number of rotatable bonds is 4. The molecule has 0 fully saturated rings. The molecule has 6 heteroatoms. The Balaban J connectivity index is 1.48. The van der Waals surface area contributed by atoms with Gasteiger partial charge in [-0.05, 0) is 47.9 Å². The van der Waals surface area contributed by atoms with Crippen LogP contribution in [0, 0.1) is 0 Å². The van der Waals surface area contributed by atoms with E-state index in [1.54, 1.807) is 12.1 Å². The van der Waals surface area contributed by atoms with E-state index in [1.165, 1.54) is 5.39 Å². The van der Waals surface area contributed by atoms with Gasteiger partial charge in [-0.2, -0.15) is 0 Å². The molecule has 0 aliphatic carbocycles. The van der Waals surface area contributed by atoms with E-state index in [2.05, 4.69) is 31.5 Å². The molecule has 2 aromatic carbocycles. The zero-order valence-electron chi connectivity index (χ0n) is 14.2. The fraction of sp³-hybridized carbons (Fsp3) is 0.0500. The van der Waals surface area contributed by atoms with Crippen molar-refractivity contribution < 1.29 is 4.79 Å². The molecule has 0 unspecified atom stereocenters. The predicted molar refractivity (Wildman–Crippen MR) is 103 cm³/mol. The van der Waals surface area contributed by atoms with E-state index in [9.17, 15) is 4.79 Å². The summed E-state index contributed by atoms with van der Waals surface area (Å²) in [5.41, 5.74) is 3.02. The van der Waals surface area contributed by atoms with Crippen molar-refractivity contribution in [1.29, 1.82) is 0 Å². The molecule has 2 N–H and O–H groups in total. The lowest BCUT2D eigenvalue weighted by atomic mass is 10.2. The molecule has 6 nitrogen and oxygen atoms in total. The van der Waals surface area contributed by atoms with Gasteiger partial charge in [0.1, 0.15) is 0 Å². The standard InChI is InChI=1S/C20H17N5O/c1-25-12-11-14-7-8-16(13-18(14)25)21-19-10-9-17(23-24-19)20(26)22-15-5-3-2-4-6-15/h2-13H,1H3,(H,21,24)(H,22,26). The van der Waals surface area contributed by atoms with Gasteiger partial charge in [-0.15, -0.1) is 10.2 Å². The van der Waals surface area contributed by atoms with Crippen LogP contribution in [0.1, 0.15) is 10.5 Å². The number of aryl methyl sites for hydroxylation is 1. The zero-order valence-corrected chi connectivity index (χ0v) is 14.2. The average molecular weight is 343 g/mol. The molecule has 0 radical (unpaired) electrons. The number of hydrogen-bond acceptors (Lipinski definition) is 4. The number of carbonyl (C=O) groups is 1. The van der Waals surface area contributed by atoms with Gasteiger partial charge >= 0.3 is 0 Å². The molecule has 0 saturated heterocycles. The monoisotopic (exact) mass is 343 g/mol. The van der Waals surface area contributed by atoms with Gasteiger partial charge in [-0.25, -0.2) is 0 Å². The first-order chi connectivity index (χ1) is 12.7. The highest BCUT2D eigenvalue weighted by Gasteiger charge is 2.09.